The molecule has 9 heavy (non-hydrogen) atoms. The van der Waals surface area contributed by atoms with Crippen LogP contribution in [0.5, 0.6) is 0 Å². The van der Waals surface area contributed by atoms with E-state index in [0.29, 0.717) is 13.2 Å². The lowest BCUT2D eigenvalue weighted by Crippen LogP contribution is -2.41. The SMILES string of the molecule is CC([O])N1CCOCC1. The molecule has 0 saturated carbocycles. The molecule has 0 aliphatic carbocycles. The van der Waals surface area contributed by atoms with Gasteiger partial charge in [-0.1, -0.05) is 0 Å². The minimum Gasteiger partial charge on any atom is -0.379 e. The monoisotopic (exact) mass is 130 g/mol. The van der Waals surface area contributed by atoms with E-state index >= 15 is 0 Å². The van der Waals surface area contributed by atoms with Gasteiger partial charge in [0.25, 0.3) is 0 Å². The van der Waals surface area contributed by atoms with Gasteiger partial charge in [-0.05, 0) is 6.92 Å². The fraction of sp³-hybridized carbons (Fsp3) is 1.00. The number of rotatable bonds is 1. The Morgan fingerprint density at radius 1 is 1.44 bits per heavy atom. The summed E-state index contributed by atoms with van der Waals surface area (Å²) in [7, 11) is 0. The van der Waals surface area contributed by atoms with Gasteiger partial charge in [-0.15, -0.1) is 0 Å². The van der Waals surface area contributed by atoms with Crippen molar-refractivity contribution in [1.29, 1.82) is 0 Å². The quantitative estimate of drug-likeness (QED) is 0.504. The third kappa shape index (κ3) is 1.93. The third-order valence-electron chi connectivity index (χ3n) is 1.56. The van der Waals surface area contributed by atoms with E-state index in [-0.39, 0.29) is 0 Å². The van der Waals surface area contributed by atoms with E-state index in [1.54, 1.807) is 6.92 Å². The molecule has 0 amide bonds. The first-order valence-corrected chi connectivity index (χ1v) is 3.28. The van der Waals surface area contributed by atoms with Gasteiger partial charge in [0.05, 0.1) is 13.2 Å². The maximum Gasteiger partial charge on any atom is 0.143 e. The van der Waals surface area contributed by atoms with Gasteiger partial charge in [0, 0.05) is 13.1 Å². The summed E-state index contributed by atoms with van der Waals surface area (Å²) in [6.45, 7) is 4.69. The van der Waals surface area contributed by atoms with Crippen molar-refractivity contribution >= 4 is 0 Å². The Balaban J connectivity index is 2.23. The summed E-state index contributed by atoms with van der Waals surface area (Å²) in [4.78, 5) is 1.88. The highest BCUT2D eigenvalue weighted by atomic mass is 16.5. The highest BCUT2D eigenvalue weighted by molar-refractivity contribution is 4.60. The number of nitrogens with zero attached hydrogens (tertiary/aromatic N) is 1. The summed E-state index contributed by atoms with van der Waals surface area (Å²) in [5.74, 6) is 0. The Kier molecular flexibility index (Phi) is 2.45. The smallest absolute Gasteiger partial charge is 0.143 e. The molecule has 0 aromatic rings. The number of hydrogen-bond donors (Lipinski definition) is 0. The molecule has 0 N–H and O–H groups in total. The van der Waals surface area contributed by atoms with Crippen molar-refractivity contribution in [2.45, 2.75) is 13.2 Å². The molecule has 1 heterocycles. The lowest BCUT2D eigenvalue weighted by Gasteiger charge is -2.27. The fourth-order valence-electron chi connectivity index (χ4n) is 0.941. The van der Waals surface area contributed by atoms with Gasteiger partial charge in [0.2, 0.25) is 0 Å². The molecule has 0 bridgehead atoms. The van der Waals surface area contributed by atoms with Gasteiger partial charge in [-0.3, -0.25) is 4.90 Å². The molecule has 1 saturated heterocycles. The van der Waals surface area contributed by atoms with E-state index in [4.69, 9.17) is 4.74 Å². The molecule has 53 valence electrons. The third-order valence-corrected chi connectivity index (χ3v) is 1.56. The maximum atomic E-state index is 10.8. The van der Waals surface area contributed by atoms with Crippen LogP contribution >= 0.6 is 0 Å². The van der Waals surface area contributed by atoms with Gasteiger partial charge in [0.1, 0.15) is 6.23 Å². The second kappa shape index (κ2) is 3.15. The highest BCUT2D eigenvalue weighted by Gasteiger charge is 2.14. The lowest BCUT2D eigenvalue weighted by molar-refractivity contribution is -0.0805. The minimum atomic E-state index is -0.561. The van der Waals surface area contributed by atoms with Crippen LogP contribution in [0.15, 0.2) is 0 Å². The summed E-state index contributed by atoms with van der Waals surface area (Å²) in [6.07, 6.45) is -0.561. The Labute approximate surface area is 55.2 Å². The first-order valence-electron chi connectivity index (χ1n) is 3.28. The first kappa shape index (κ1) is 6.99. The van der Waals surface area contributed by atoms with Crippen molar-refractivity contribution in [3.8, 4) is 0 Å². The van der Waals surface area contributed by atoms with E-state index in [9.17, 15) is 5.11 Å². The highest BCUT2D eigenvalue weighted by Crippen LogP contribution is 1.99. The van der Waals surface area contributed by atoms with Crippen molar-refractivity contribution in [3.05, 3.63) is 0 Å². The summed E-state index contributed by atoms with van der Waals surface area (Å²) >= 11 is 0. The molecular formula is C6H12NO2. The van der Waals surface area contributed by atoms with Crippen molar-refractivity contribution in [3.63, 3.8) is 0 Å². The summed E-state index contributed by atoms with van der Waals surface area (Å²) < 4.78 is 5.07. The fourth-order valence-corrected chi connectivity index (χ4v) is 0.941. The molecule has 1 rings (SSSR count). The van der Waals surface area contributed by atoms with Gasteiger partial charge in [0.15, 0.2) is 0 Å². The molecule has 3 nitrogen and oxygen atoms in total. The van der Waals surface area contributed by atoms with Crippen LogP contribution in [0.4, 0.5) is 0 Å². The van der Waals surface area contributed by atoms with Gasteiger partial charge in [-0.25, -0.2) is 5.11 Å². The average Bonchev–Trinajstić information content (AvgIpc) is 1.90. The molecule has 3 heteroatoms. The zero-order chi connectivity index (χ0) is 6.69. The Morgan fingerprint density at radius 2 is 2.00 bits per heavy atom. The van der Waals surface area contributed by atoms with Crippen LogP contribution in [0.25, 0.3) is 0 Å². The zero-order valence-corrected chi connectivity index (χ0v) is 5.67. The number of ether oxygens (including phenoxy) is 1. The summed E-state index contributed by atoms with van der Waals surface area (Å²) in [5, 5.41) is 10.8. The first-order chi connectivity index (χ1) is 4.30. The standard InChI is InChI=1S/C6H12NO2/c1-6(8)7-2-4-9-5-3-7/h6H,2-5H2,1H3. The Bertz CT molecular complexity index is 79.1. The maximum absolute atomic E-state index is 10.8. The van der Waals surface area contributed by atoms with E-state index in [2.05, 4.69) is 0 Å². The molecular weight excluding hydrogens is 118 g/mol. The van der Waals surface area contributed by atoms with E-state index in [0.717, 1.165) is 13.1 Å². The predicted octanol–water partition coefficient (Wildman–Crippen LogP) is 0.0951. The topological polar surface area (TPSA) is 32.4 Å². The van der Waals surface area contributed by atoms with Crippen LogP contribution in [-0.2, 0) is 9.84 Å². The van der Waals surface area contributed by atoms with Crippen molar-refractivity contribution in [2.24, 2.45) is 0 Å². The second-order valence-electron chi connectivity index (χ2n) is 2.25. The van der Waals surface area contributed by atoms with E-state index < -0.39 is 6.23 Å². The molecule has 1 unspecified atom stereocenters. The van der Waals surface area contributed by atoms with E-state index in [1.807, 2.05) is 4.90 Å². The molecule has 0 aromatic carbocycles. The molecule has 1 aliphatic heterocycles. The largest absolute Gasteiger partial charge is 0.379 e. The van der Waals surface area contributed by atoms with Crippen LogP contribution in [0.3, 0.4) is 0 Å². The molecule has 1 fully saturated rings. The molecule has 0 aromatic heterocycles. The lowest BCUT2D eigenvalue weighted by atomic mass is 10.4. The van der Waals surface area contributed by atoms with E-state index in [1.165, 1.54) is 0 Å². The number of morpholine rings is 1. The normalized spacial score (nSPS) is 26.0. The predicted molar refractivity (Wildman–Crippen MR) is 32.5 cm³/mol. The van der Waals surface area contributed by atoms with Crippen LogP contribution in [0, 0.1) is 0 Å². The summed E-state index contributed by atoms with van der Waals surface area (Å²) in [5.41, 5.74) is 0. The van der Waals surface area contributed by atoms with Crippen LogP contribution in [0.1, 0.15) is 6.92 Å². The second-order valence-corrected chi connectivity index (χ2v) is 2.25. The average molecular weight is 130 g/mol. The summed E-state index contributed by atoms with van der Waals surface area (Å²) in [6, 6.07) is 0. The Hall–Kier alpha value is -0.120. The minimum absolute atomic E-state index is 0.561. The molecule has 1 aliphatic rings. The van der Waals surface area contributed by atoms with Crippen LogP contribution < -0.4 is 0 Å². The van der Waals surface area contributed by atoms with Gasteiger partial charge < -0.3 is 4.74 Å². The molecule has 1 atom stereocenters. The van der Waals surface area contributed by atoms with Gasteiger partial charge in [-0.2, -0.15) is 0 Å². The van der Waals surface area contributed by atoms with Gasteiger partial charge >= 0.3 is 0 Å². The zero-order valence-electron chi connectivity index (χ0n) is 5.67. The van der Waals surface area contributed by atoms with Crippen molar-refractivity contribution in [2.75, 3.05) is 26.3 Å². The molecule has 1 radical (unpaired) electrons. The van der Waals surface area contributed by atoms with Crippen molar-refractivity contribution in [1.82, 2.24) is 4.90 Å². The van der Waals surface area contributed by atoms with Crippen LogP contribution in [-0.4, -0.2) is 37.4 Å². The number of hydrogen-bond acceptors (Lipinski definition) is 2. The van der Waals surface area contributed by atoms with Crippen molar-refractivity contribution < 1.29 is 9.84 Å². The van der Waals surface area contributed by atoms with Crippen LogP contribution in [0.2, 0.25) is 0 Å². The Morgan fingerprint density at radius 3 is 2.33 bits per heavy atom. The molecule has 0 spiro atoms.